The van der Waals surface area contributed by atoms with Crippen molar-refractivity contribution in [3.8, 4) is 0 Å². The lowest BCUT2D eigenvalue weighted by atomic mass is 10.1. The molecule has 0 bridgehead atoms. The van der Waals surface area contributed by atoms with Crippen LogP contribution in [0.2, 0.25) is 0 Å². The molecule has 0 fully saturated rings. The molecule has 1 atom stereocenters. The van der Waals surface area contributed by atoms with Gasteiger partial charge in [-0.1, -0.05) is 12.1 Å². The highest BCUT2D eigenvalue weighted by Gasteiger charge is 2.41. The first-order valence-corrected chi connectivity index (χ1v) is 6.90. The van der Waals surface area contributed by atoms with Gasteiger partial charge in [0.05, 0.1) is 12.7 Å². The minimum Gasteiger partial charge on any atom is -0.465 e. The van der Waals surface area contributed by atoms with Crippen LogP contribution in [0.25, 0.3) is 0 Å². The molecular weight excluding hydrogens is 339 g/mol. The maximum absolute atomic E-state index is 12.5. The van der Waals surface area contributed by atoms with Crippen molar-refractivity contribution < 1.29 is 32.6 Å². The van der Waals surface area contributed by atoms with Crippen molar-refractivity contribution in [2.45, 2.75) is 25.4 Å². The van der Waals surface area contributed by atoms with Crippen LogP contribution in [-0.4, -0.2) is 40.6 Å². The minimum atomic E-state index is -4.48. The third-order valence-corrected chi connectivity index (χ3v) is 3.36. The van der Waals surface area contributed by atoms with Gasteiger partial charge in [-0.25, -0.2) is 4.79 Å². The van der Waals surface area contributed by atoms with Gasteiger partial charge in [-0.2, -0.15) is 13.2 Å². The van der Waals surface area contributed by atoms with E-state index in [-0.39, 0.29) is 12.1 Å². The second-order valence-corrected chi connectivity index (χ2v) is 5.09. The van der Waals surface area contributed by atoms with Gasteiger partial charge in [0.1, 0.15) is 5.88 Å². The summed E-state index contributed by atoms with van der Waals surface area (Å²) in [5.41, 5.74) is -2.87. The zero-order chi connectivity index (χ0) is 17.8. The van der Waals surface area contributed by atoms with E-state index < -0.39 is 35.2 Å². The number of benzene rings is 1. The lowest BCUT2D eigenvalue weighted by Crippen LogP contribution is -2.55. The monoisotopic (exact) mass is 353 g/mol. The van der Waals surface area contributed by atoms with Crippen molar-refractivity contribution in [2.24, 2.45) is 0 Å². The van der Waals surface area contributed by atoms with Crippen LogP contribution in [0.3, 0.4) is 0 Å². The highest BCUT2D eigenvalue weighted by atomic mass is 35.5. The first-order valence-electron chi connectivity index (χ1n) is 6.37. The minimum absolute atomic E-state index is 0.278. The van der Waals surface area contributed by atoms with Crippen LogP contribution in [0.15, 0.2) is 24.3 Å². The van der Waals surface area contributed by atoms with Crippen LogP contribution < -0.4 is 0 Å². The molecule has 0 heterocycles. The van der Waals surface area contributed by atoms with E-state index in [9.17, 15) is 27.9 Å². The molecule has 0 aromatic heterocycles. The van der Waals surface area contributed by atoms with Crippen LogP contribution in [-0.2, 0) is 27.0 Å². The number of rotatable bonds is 5. The largest absolute Gasteiger partial charge is 0.465 e. The molecule has 1 rings (SSSR count). The Labute approximate surface area is 135 Å². The third-order valence-electron chi connectivity index (χ3n) is 3.14. The average Bonchev–Trinajstić information content (AvgIpc) is 2.50. The Kier molecular flexibility index (Phi) is 6.01. The van der Waals surface area contributed by atoms with Crippen LogP contribution in [0.1, 0.15) is 18.1 Å². The SMILES string of the molecule is COC(=O)C(C)(O)N(Cc1ccc(C(F)(F)F)cc1)C(=O)CCl. The van der Waals surface area contributed by atoms with Gasteiger partial charge in [0.2, 0.25) is 11.6 Å². The van der Waals surface area contributed by atoms with Gasteiger partial charge >= 0.3 is 12.1 Å². The topological polar surface area (TPSA) is 66.8 Å². The van der Waals surface area contributed by atoms with Crippen LogP contribution in [0.4, 0.5) is 13.2 Å². The van der Waals surface area contributed by atoms with Gasteiger partial charge in [-0.3, -0.25) is 9.69 Å². The van der Waals surface area contributed by atoms with E-state index >= 15 is 0 Å². The number of alkyl halides is 4. The highest BCUT2D eigenvalue weighted by Crippen LogP contribution is 2.29. The Hall–Kier alpha value is -1.80. The number of carbonyl (C=O) groups is 2. The second-order valence-electron chi connectivity index (χ2n) is 4.82. The Balaban J connectivity index is 3.08. The number of hydrogen-bond acceptors (Lipinski definition) is 4. The second kappa shape index (κ2) is 7.18. The molecule has 9 heteroatoms. The van der Waals surface area contributed by atoms with Gasteiger partial charge in [-0.05, 0) is 24.6 Å². The fraction of sp³-hybridized carbons (Fsp3) is 0.429. The van der Waals surface area contributed by atoms with Crippen molar-refractivity contribution >= 4 is 23.5 Å². The number of halogens is 4. The van der Waals surface area contributed by atoms with Crippen LogP contribution in [0.5, 0.6) is 0 Å². The molecule has 0 aliphatic carbocycles. The summed E-state index contributed by atoms with van der Waals surface area (Å²) in [5.74, 6) is -2.39. The van der Waals surface area contributed by atoms with Crippen molar-refractivity contribution in [3.05, 3.63) is 35.4 Å². The first kappa shape index (κ1) is 19.2. The van der Waals surface area contributed by atoms with Gasteiger partial charge in [0, 0.05) is 6.54 Å². The van der Waals surface area contributed by atoms with Crippen LogP contribution >= 0.6 is 11.6 Å². The molecular formula is C14H15ClF3NO4. The summed E-state index contributed by atoms with van der Waals surface area (Å²) in [7, 11) is 1.03. The molecule has 1 amide bonds. The zero-order valence-corrected chi connectivity index (χ0v) is 13.1. The molecule has 0 spiro atoms. The number of nitrogens with zero attached hydrogens (tertiary/aromatic N) is 1. The smallest absolute Gasteiger partial charge is 0.416 e. The van der Waals surface area contributed by atoms with Crippen molar-refractivity contribution in [1.82, 2.24) is 4.90 Å². The molecule has 0 aliphatic heterocycles. The Morgan fingerprint density at radius 2 is 1.78 bits per heavy atom. The molecule has 1 aromatic carbocycles. The van der Waals surface area contributed by atoms with Gasteiger partial charge in [-0.15, -0.1) is 11.6 Å². The first-order chi connectivity index (χ1) is 10.5. The Morgan fingerprint density at radius 3 is 2.17 bits per heavy atom. The van der Waals surface area contributed by atoms with E-state index in [1.54, 1.807) is 0 Å². The predicted molar refractivity (Wildman–Crippen MR) is 75.4 cm³/mol. The molecule has 23 heavy (non-hydrogen) atoms. The molecule has 0 saturated heterocycles. The summed E-state index contributed by atoms with van der Waals surface area (Å²) >= 11 is 5.45. The number of aliphatic hydroxyl groups is 1. The number of carbonyl (C=O) groups excluding carboxylic acids is 2. The van der Waals surface area contributed by atoms with E-state index in [0.717, 1.165) is 43.2 Å². The summed E-state index contributed by atoms with van der Waals surface area (Å²) < 4.78 is 42.0. The summed E-state index contributed by atoms with van der Waals surface area (Å²) in [6.45, 7) is 0.721. The number of methoxy groups -OCH3 is 1. The molecule has 1 unspecified atom stereocenters. The lowest BCUT2D eigenvalue weighted by molar-refractivity contribution is -0.188. The van der Waals surface area contributed by atoms with E-state index in [1.807, 2.05) is 0 Å². The van der Waals surface area contributed by atoms with Crippen molar-refractivity contribution in [1.29, 1.82) is 0 Å². The molecule has 0 radical (unpaired) electrons. The average molecular weight is 354 g/mol. The molecule has 0 aliphatic rings. The summed E-state index contributed by atoms with van der Waals surface area (Å²) in [5, 5.41) is 10.2. The fourth-order valence-corrected chi connectivity index (χ4v) is 1.99. The number of esters is 1. The van der Waals surface area contributed by atoms with E-state index in [2.05, 4.69) is 4.74 Å². The van der Waals surface area contributed by atoms with Crippen molar-refractivity contribution in [3.63, 3.8) is 0 Å². The van der Waals surface area contributed by atoms with Crippen molar-refractivity contribution in [2.75, 3.05) is 13.0 Å². The number of ether oxygens (including phenoxy) is 1. The predicted octanol–water partition coefficient (Wildman–Crippen LogP) is 2.15. The quantitative estimate of drug-likeness (QED) is 0.500. The van der Waals surface area contributed by atoms with Gasteiger partial charge < -0.3 is 9.84 Å². The molecule has 128 valence electrons. The normalized spacial score (nSPS) is 14.0. The molecule has 1 N–H and O–H groups in total. The van der Waals surface area contributed by atoms with E-state index in [4.69, 9.17) is 11.6 Å². The standard InChI is InChI=1S/C14H15ClF3NO4/c1-13(22,12(21)23-2)19(11(20)7-15)8-9-3-5-10(6-4-9)14(16,17)18/h3-6,22H,7-8H2,1-2H3. The lowest BCUT2D eigenvalue weighted by Gasteiger charge is -2.34. The molecule has 1 aromatic rings. The Morgan fingerprint density at radius 1 is 1.26 bits per heavy atom. The maximum Gasteiger partial charge on any atom is 0.416 e. The van der Waals surface area contributed by atoms with E-state index in [0.29, 0.717) is 0 Å². The van der Waals surface area contributed by atoms with Gasteiger partial charge in [0.15, 0.2) is 0 Å². The maximum atomic E-state index is 12.5. The highest BCUT2D eigenvalue weighted by molar-refractivity contribution is 6.27. The fourth-order valence-electron chi connectivity index (χ4n) is 1.84. The molecule has 0 saturated carbocycles. The third kappa shape index (κ3) is 4.59. The Bertz CT molecular complexity index is 572. The summed E-state index contributed by atoms with van der Waals surface area (Å²) in [6.07, 6.45) is -4.48. The van der Waals surface area contributed by atoms with Crippen LogP contribution in [0, 0.1) is 0 Å². The number of amides is 1. The van der Waals surface area contributed by atoms with E-state index in [1.165, 1.54) is 0 Å². The number of hydrogen-bond donors (Lipinski definition) is 1. The van der Waals surface area contributed by atoms with Gasteiger partial charge in [0.25, 0.3) is 0 Å². The summed E-state index contributed by atoms with van der Waals surface area (Å²) in [6, 6.07) is 3.96. The molecule has 5 nitrogen and oxygen atoms in total. The summed E-state index contributed by atoms with van der Waals surface area (Å²) in [4.78, 5) is 24.2. The zero-order valence-electron chi connectivity index (χ0n) is 12.4.